The van der Waals surface area contributed by atoms with E-state index in [9.17, 15) is 4.79 Å². The van der Waals surface area contributed by atoms with Crippen LogP contribution in [-0.4, -0.2) is 59.1 Å². The Hall–Kier alpha value is -2.71. The number of carbonyl (C=O) groups is 1. The summed E-state index contributed by atoms with van der Waals surface area (Å²) in [6.07, 6.45) is 0. The lowest BCUT2D eigenvalue weighted by atomic mass is 10.1. The monoisotopic (exact) mass is 470 g/mol. The van der Waals surface area contributed by atoms with E-state index in [4.69, 9.17) is 9.26 Å². The van der Waals surface area contributed by atoms with Crippen molar-refractivity contribution in [3.63, 3.8) is 0 Å². The van der Waals surface area contributed by atoms with E-state index in [0.29, 0.717) is 42.7 Å². The van der Waals surface area contributed by atoms with Crippen LogP contribution in [0.25, 0.3) is 11.4 Å². The van der Waals surface area contributed by atoms with Crippen LogP contribution in [0.15, 0.2) is 51.5 Å². The normalized spacial score (nSPS) is 14.7. The average molecular weight is 471 g/mol. The molecule has 1 fully saturated rings. The molecule has 30 heavy (non-hydrogen) atoms. The highest BCUT2D eigenvalue weighted by molar-refractivity contribution is 9.10. The Bertz CT molecular complexity index is 1030. The molecule has 8 heteroatoms. The summed E-state index contributed by atoms with van der Waals surface area (Å²) in [5, 5.41) is 4.09. The number of aromatic nitrogens is 2. The molecule has 4 rings (SSSR count). The van der Waals surface area contributed by atoms with Crippen LogP contribution in [0.5, 0.6) is 5.75 Å². The minimum absolute atomic E-state index is 0.0254. The summed E-state index contributed by atoms with van der Waals surface area (Å²) in [6.45, 7) is 5.44. The lowest BCUT2D eigenvalue weighted by Crippen LogP contribution is -2.48. The molecule has 0 N–H and O–H groups in total. The molecule has 0 radical (unpaired) electrons. The number of methoxy groups -OCH3 is 1. The van der Waals surface area contributed by atoms with E-state index in [1.54, 1.807) is 25.3 Å². The molecule has 0 aliphatic carbocycles. The van der Waals surface area contributed by atoms with E-state index in [1.807, 2.05) is 36.1 Å². The number of amides is 1. The fraction of sp³-hybridized carbons (Fsp3) is 0.318. The summed E-state index contributed by atoms with van der Waals surface area (Å²) in [7, 11) is 1.61. The van der Waals surface area contributed by atoms with Gasteiger partial charge in [-0.3, -0.25) is 9.69 Å². The van der Waals surface area contributed by atoms with Crippen molar-refractivity contribution >= 4 is 21.8 Å². The SMILES string of the molecule is COc1ccc(C(=O)N2CCN(Cc3nc(-c4ccc(C)cc4)no3)CC2)cc1Br. The van der Waals surface area contributed by atoms with Crippen molar-refractivity contribution in [2.24, 2.45) is 0 Å². The van der Waals surface area contributed by atoms with E-state index in [0.717, 1.165) is 23.1 Å². The van der Waals surface area contributed by atoms with Crippen molar-refractivity contribution in [2.45, 2.75) is 13.5 Å². The second kappa shape index (κ2) is 8.97. The Kier molecular flexibility index (Phi) is 6.15. The molecule has 0 bridgehead atoms. The van der Waals surface area contributed by atoms with Crippen LogP contribution < -0.4 is 4.74 Å². The van der Waals surface area contributed by atoms with Crippen molar-refractivity contribution < 1.29 is 14.1 Å². The highest BCUT2D eigenvalue weighted by Crippen LogP contribution is 2.26. The summed E-state index contributed by atoms with van der Waals surface area (Å²) in [5.41, 5.74) is 2.78. The predicted octanol–water partition coefficient (Wildman–Crippen LogP) is 3.77. The van der Waals surface area contributed by atoms with Crippen LogP contribution >= 0.6 is 15.9 Å². The molecule has 1 amide bonds. The van der Waals surface area contributed by atoms with Crippen molar-refractivity contribution in [1.82, 2.24) is 19.9 Å². The van der Waals surface area contributed by atoms with E-state index in [-0.39, 0.29) is 5.91 Å². The van der Waals surface area contributed by atoms with Gasteiger partial charge in [-0.1, -0.05) is 35.0 Å². The summed E-state index contributed by atoms with van der Waals surface area (Å²) < 4.78 is 11.4. The maximum absolute atomic E-state index is 12.8. The second-order valence-corrected chi connectivity index (χ2v) is 8.15. The van der Waals surface area contributed by atoms with Gasteiger partial charge in [-0.25, -0.2) is 0 Å². The average Bonchev–Trinajstić information content (AvgIpc) is 3.22. The minimum atomic E-state index is 0.0254. The minimum Gasteiger partial charge on any atom is -0.496 e. The van der Waals surface area contributed by atoms with Gasteiger partial charge in [0.05, 0.1) is 18.1 Å². The summed E-state index contributed by atoms with van der Waals surface area (Å²) in [4.78, 5) is 21.4. The van der Waals surface area contributed by atoms with Crippen molar-refractivity contribution in [2.75, 3.05) is 33.3 Å². The van der Waals surface area contributed by atoms with E-state index >= 15 is 0 Å². The third-order valence-corrected chi connectivity index (χ3v) is 5.81. The first-order valence-corrected chi connectivity index (χ1v) is 10.6. The van der Waals surface area contributed by atoms with Crippen molar-refractivity contribution in [1.29, 1.82) is 0 Å². The van der Waals surface area contributed by atoms with Crippen molar-refractivity contribution in [3.8, 4) is 17.1 Å². The van der Waals surface area contributed by atoms with E-state index in [2.05, 4.69) is 31.0 Å². The quantitative estimate of drug-likeness (QED) is 0.564. The van der Waals surface area contributed by atoms with Gasteiger partial charge in [0.2, 0.25) is 11.7 Å². The largest absolute Gasteiger partial charge is 0.496 e. The van der Waals surface area contributed by atoms with Gasteiger partial charge in [0.15, 0.2) is 0 Å². The zero-order valence-electron chi connectivity index (χ0n) is 17.0. The standard InChI is InChI=1S/C22H23BrN4O3/c1-15-3-5-16(6-4-15)21-24-20(30-25-21)14-26-9-11-27(12-10-26)22(28)17-7-8-19(29-2)18(23)13-17/h3-8,13H,9-12,14H2,1-2H3. The molecule has 2 heterocycles. The van der Waals surface area contributed by atoms with Gasteiger partial charge in [0, 0.05) is 37.3 Å². The lowest BCUT2D eigenvalue weighted by Gasteiger charge is -2.34. The number of hydrogen-bond acceptors (Lipinski definition) is 6. The van der Waals surface area contributed by atoms with Crippen LogP contribution in [0.4, 0.5) is 0 Å². The summed E-state index contributed by atoms with van der Waals surface area (Å²) in [5.74, 6) is 1.92. The summed E-state index contributed by atoms with van der Waals surface area (Å²) >= 11 is 3.44. The molecule has 7 nitrogen and oxygen atoms in total. The molecule has 2 aromatic carbocycles. The molecule has 1 aliphatic rings. The van der Waals surface area contributed by atoms with Gasteiger partial charge < -0.3 is 14.2 Å². The molecular weight excluding hydrogens is 448 g/mol. The van der Waals surface area contributed by atoms with Gasteiger partial charge in [0.1, 0.15) is 5.75 Å². The first-order valence-electron chi connectivity index (χ1n) is 9.78. The second-order valence-electron chi connectivity index (χ2n) is 7.30. The van der Waals surface area contributed by atoms with E-state index in [1.165, 1.54) is 5.56 Å². The smallest absolute Gasteiger partial charge is 0.253 e. The van der Waals surface area contributed by atoms with Crippen LogP contribution in [0.1, 0.15) is 21.8 Å². The van der Waals surface area contributed by atoms with Gasteiger partial charge in [0.25, 0.3) is 5.91 Å². The molecule has 1 saturated heterocycles. The van der Waals surface area contributed by atoms with Crippen LogP contribution in [0.3, 0.4) is 0 Å². The van der Waals surface area contributed by atoms with Crippen LogP contribution in [0.2, 0.25) is 0 Å². The number of aryl methyl sites for hydroxylation is 1. The number of rotatable bonds is 5. The third-order valence-electron chi connectivity index (χ3n) is 5.19. The van der Waals surface area contributed by atoms with Gasteiger partial charge in [-0.15, -0.1) is 0 Å². The topological polar surface area (TPSA) is 71.7 Å². The molecule has 156 valence electrons. The Labute approximate surface area is 183 Å². The van der Waals surface area contributed by atoms with Gasteiger partial charge in [-0.2, -0.15) is 4.98 Å². The highest BCUT2D eigenvalue weighted by Gasteiger charge is 2.24. The fourth-order valence-corrected chi connectivity index (χ4v) is 3.96. The van der Waals surface area contributed by atoms with Gasteiger partial charge >= 0.3 is 0 Å². The summed E-state index contributed by atoms with van der Waals surface area (Å²) in [6, 6.07) is 13.4. The Morgan fingerprint density at radius 3 is 2.53 bits per heavy atom. The number of carbonyl (C=O) groups excluding carboxylic acids is 1. The highest BCUT2D eigenvalue weighted by atomic mass is 79.9. The fourth-order valence-electron chi connectivity index (χ4n) is 3.42. The molecular formula is C22H23BrN4O3. The first-order chi connectivity index (χ1) is 14.5. The number of hydrogen-bond donors (Lipinski definition) is 0. The van der Waals surface area contributed by atoms with Crippen molar-refractivity contribution in [3.05, 3.63) is 64.0 Å². The van der Waals surface area contributed by atoms with Crippen LogP contribution in [0, 0.1) is 6.92 Å². The number of piperazine rings is 1. The van der Waals surface area contributed by atoms with E-state index < -0.39 is 0 Å². The Balaban J connectivity index is 1.33. The predicted molar refractivity (Wildman–Crippen MR) is 116 cm³/mol. The molecule has 0 unspecified atom stereocenters. The molecule has 1 aliphatic heterocycles. The molecule has 0 saturated carbocycles. The number of benzene rings is 2. The van der Waals surface area contributed by atoms with Crippen LogP contribution in [-0.2, 0) is 6.54 Å². The maximum Gasteiger partial charge on any atom is 0.253 e. The van der Waals surface area contributed by atoms with Gasteiger partial charge in [-0.05, 0) is 41.1 Å². The maximum atomic E-state index is 12.8. The first kappa shape index (κ1) is 20.6. The Morgan fingerprint density at radius 2 is 1.87 bits per heavy atom. The number of halogens is 1. The third kappa shape index (κ3) is 4.55. The molecule has 0 spiro atoms. The zero-order chi connectivity index (χ0) is 21.1. The molecule has 1 aromatic heterocycles. The molecule has 3 aromatic rings. The Morgan fingerprint density at radius 1 is 1.13 bits per heavy atom. The number of nitrogens with zero attached hydrogens (tertiary/aromatic N) is 4. The molecule has 0 atom stereocenters. The lowest BCUT2D eigenvalue weighted by molar-refractivity contribution is 0.0615. The number of ether oxygens (including phenoxy) is 1. The zero-order valence-corrected chi connectivity index (χ0v) is 18.6.